The van der Waals surface area contributed by atoms with E-state index in [1.165, 1.54) is 0 Å². The zero-order chi connectivity index (χ0) is 14.7. The van der Waals surface area contributed by atoms with Crippen molar-refractivity contribution < 1.29 is 9.59 Å². The van der Waals surface area contributed by atoms with Crippen molar-refractivity contribution in [1.82, 2.24) is 5.32 Å². The van der Waals surface area contributed by atoms with Gasteiger partial charge >= 0.3 is 0 Å². The number of amides is 2. The van der Waals surface area contributed by atoms with Crippen molar-refractivity contribution in [3.8, 4) is 0 Å². The molecule has 0 radical (unpaired) electrons. The molecule has 0 heterocycles. The summed E-state index contributed by atoms with van der Waals surface area (Å²) in [5.74, 6) is 0.532. The fourth-order valence-electron chi connectivity index (χ4n) is 1.99. The van der Waals surface area contributed by atoms with Crippen LogP contribution in [0.5, 0.6) is 0 Å². The number of benzene rings is 1. The van der Waals surface area contributed by atoms with Crippen molar-refractivity contribution in [2.24, 2.45) is 17.6 Å². The summed E-state index contributed by atoms with van der Waals surface area (Å²) in [5.41, 5.74) is 6.74. The highest BCUT2D eigenvalue weighted by atomic mass is 16.2. The van der Waals surface area contributed by atoms with Gasteiger partial charge in [0.25, 0.3) is 5.91 Å². The Hall–Kier alpha value is -1.88. The number of anilines is 1. The number of nitrogens with one attached hydrogen (secondary N) is 2. The number of nitrogens with two attached hydrogens (primary N) is 1. The van der Waals surface area contributed by atoms with Gasteiger partial charge < -0.3 is 16.4 Å². The first-order valence-corrected chi connectivity index (χ1v) is 6.93. The SMILES string of the molecule is CC1CC1C(=O)Nc1ccc(C(=O)N[C@@H](C)CN)cc1. The van der Waals surface area contributed by atoms with Gasteiger partial charge in [0.2, 0.25) is 5.91 Å². The van der Waals surface area contributed by atoms with Gasteiger partial charge in [-0.1, -0.05) is 6.92 Å². The Bertz CT molecular complexity index is 498. The van der Waals surface area contributed by atoms with Crippen LogP contribution in [0.2, 0.25) is 0 Å². The van der Waals surface area contributed by atoms with Crippen LogP contribution in [-0.2, 0) is 4.79 Å². The second-order valence-electron chi connectivity index (χ2n) is 5.50. The Morgan fingerprint density at radius 3 is 2.45 bits per heavy atom. The predicted molar refractivity (Wildman–Crippen MR) is 78.3 cm³/mol. The van der Waals surface area contributed by atoms with E-state index in [4.69, 9.17) is 5.73 Å². The first kappa shape index (κ1) is 14.5. The zero-order valence-electron chi connectivity index (χ0n) is 11.8. The van der Waals surface area contributed by atoms with Gasteiger partial charge in [-0.05, 0) is 43.5 Å². The summed E-state index contributed by atoms with van der Waals surface area (Å²) in [6.07, 6.45) is 0.962. The van der Waals surface area contributed by atoms with Gasteiger partial charge in [0, 0.05) is 29.8 Å². The van der Waals surface area contributed by atoms with Gasteiger partial charge in [-0.25, -0.2) is 0 Å². The van der Waals surface area contributed by atoms with Crippen LogP contribution >= 0.6 is 0 Å². The van der Waals surface area contributed by atoms with Crippen molar-refractivity contribution in [1.29, 1.82) is 0 Å². The number of carbonyl (C=O) groups is 2. The molecule has 1 aliphatic rings. The quantitative estimate of drug-likeness (QED) is 0.758. The Balaban J connectivity index is 1.92. The molecular weight excluding hydrogens is 254 g/mol. The Morgan fingerprint density at radius 1 is 1.35 bits per heavy atom. The lowest BCUT2D eigenvalue weighted by atomic mass is 10.1. The maximum Gasteiger partial charge on any atom is 0.251 e. The van der Waals surface area contributed by atoms with E-state index < -0.39 is 0 Å². The molecule has 1 fully saturated rings. The van der Waals surface area contributed by atoms with Crippen molar-refractivity contribution in [3.63, 3.8) is 0 Å². The summed E-state index contributed by atoms with van der Waals surface area (Å²) in [5, 5.41) is 5.65. The molecule has 1 aliphatic carbocycles. The third kappa shape index (κ3) is 3.57. The summed E-state index contributed by atoms with van der Waals surface area (Å²) < 4.78 is 0. The maximum absolute atomic E-state index is 11.9. The van der Waals surface area contributed by atoms with E-state index in [1.54, 1.807) is 24.3 Å². The molecule has 5 heteroatoms. The van der Waals surface area contributed by atoms with Crippen LogP contribution in [0.3, 0.4) is 0 Å². The Morgan fingerprint density at radius 2 is 1.95 bits per heavy atom. The maximum atomic E-state index is 11.9. The van der Waals surface area contributed by atoms with Crippen LogP contribution in [0, 0.1) is 11.8 Å². The van der Waals surface area contributed by atoms with Crippen molar-refractivity contribution in [3.05, 3.63) is 29.8 Å². The lowest BCUT2D eigenvalue weighted by Crippen LogP contribution is -2.37. The topological polar surface area (TPSA) is 84.2 Å². The molecule has 4 N–H and O–H groups in total. The smallest absolute Gasteiger partial charge is 0.251 e. The molecule has 0 aromatic heterocycles. The van der Waals surface area contributed by atoms with Crippen LogP contribution in [0.15, 0.2) is 24.3 Å². The monoisotopic (exact) mass is 275 g/mol. The summed E-state index contributed by atoms with van der Waals surface area (Å²) in [6.45, 7) is 4.32. The lowest BCUT2D eigenvalue weighted by Gasteiger charge is -2.11. The number of carbonyl (C=O) groups excluding carboxylic acids is 2. The van der Waals surface area contributed by atoms with Crippen LogP contribution in [0.25, 0.3) is 0 Å². The first-order chi connectivity index (χ1) is 9.51. The summed E-state index contributed by atoms with van der Waals surface area (Å²) >= 11 is 0. The molecule has 0 bridgehead atoms. The minimum absolute atomic E-state index is 0.0572. The van der Waals surface area contributed by atoms with Crippen LogP contribution < -0.4 is 16.4 Å². The van der Waals surface area contributed by atoms with E-state index >= 15 is 0 Å². The molecule has 20 heavy (non-hydrogen) atoms. The second kappa shape index (κ2) is 6.05. The molecule has 3 atom stereocenters. The number of rotatable bonds is 5. The fraction of sp³-hybridized carbons (Fsp3) is 0.467. The molecule has 0 saturated heterocycles. The van der Waals surface area contributed by atoms with Gasteiger partial charge in [-0.15, -0.1) is 0 Å². The van der Waals surface area contributed by atoms with Gasteiger partial charge in [0.15, 0.2) is 0 Å². The molecule has 5 nitrogen and oxygen atoms in total. The lowest BCUT2D eigenvalue weighted by molar-refractivity contribution is -0.117. The highest BCUT2D eigenvalue weighted by Gasteiger charge is 2.38. The average molecular weight is 275 g/mol. The second-order valence-corrected chi connectivity index (χ2v) is 5.50. The van der Waals surface area contributed by atoms with E-state index in [1.807, 2.05) is 6.92 Å². The van der Waals surface area contributed by atoms with E-state index in [0.717, 1.165) is 12.1 Å². The molecule has 2 rings (SSSR count). The predicted octanol–water partition coefficient (Wildman–Crippen LogP) is 1.36. The van der Waals surface area contributed by atoms with Gasteiger partial charge in [-0.3, -0.25) is 9.59 Å². The largest absolute Gasteiger partial charge is 0.348 e. The summed E-state index contributed by atoms with van der Waals surface area (Å²) in [7, 11) is 0. The summed E-state index contributed by atoms with van der Waals surface area (Å²) in [6, 6.07) is 6.83. The number of hydrogen-bond acceptors (Lipinski definition) is 3. The van der Waals surface area contributed by atoms with Crippen molar-refractivity contribution >= 4 is 17.5 Å². The van der Waals surface area contributed by atoms with Crippen molar-refractivity contribution in [2.45, 2.75) is 26.3 Å². The van der Waals surface area contributed by atoms with E-state index in [9.17, 15) is 9.59 Å². The highest BCUT2D eigenvalue weighted by Crippen LogP contribution is 2.38. The third-order valence-electron chi connectivity index (χ3n) is 3.59. The van der Waals surface area contributed by atoms with Gasteiger partial charge in [-0.2, -0.15) is 0 Å². The fourth-order valence-corrected chi connectivity index (χ4v) is 1.99. The standard InChI is InChI=1S/C15H21N3O2/c1-9-7-13(9)15(20)18-12-5-3-11(4-6-12)14(19)17-10(2)8-16/h3-6,9-10,13H,7-8,16H2,1-2H3,(H,17,19)(H,18,20)/t9?,10-,13?/m0/s1. The van der Waals surface area contributed by atoms with E-state index in [0.29, 0.717) is 18.0 Å². The number of hydrogen-bond donors (Lipinski definition) is 3. The minimum Gasteiger partial charge on any atom is -0.348 e. The minimum atomic E-state index is -0.156. The Kier molecular flexibility index (Phi) is 4.39. The molecular formula is C15H21N3O2. The molecule has 2 unspecified atom stereocenters. The first-order valence-electron chi connectivity index (χ1n) is 6.93. The molecule has 1 saturated carbocycles. The zero-order valence-corrected chi connectivity index (χ0v) is 11.8. The van der Waals surface area contributed by atoms with Crippen molar-refractivity contribution in [2.75, 3.05) is 11.9 Å². The third-order valence-corrected chi connectivity index (χ3v) is 3.59. The van der Waals surface area contributed by atoms with Crippen LogP contribution in [0.1, 0.15) is 30.6 Å². The van der Waals surface area contributed by atoms with Gasteiger partial charge in [0.1, 0.15) is 0 Å². The molecule has 108 valence electrons. The highest BCUT2D eigenvalue weighted by molar-refractivity contribution is 5.97. The molecule has 1 aromatic rings. The molecule has 2 amide bonds. The van der Waals surface area contributed by atoms with E-state index in [-0.39, 0.29) is 23.8 Å². The molecule has 0 aliphatic heterocycles. The van der Waals surface area contributed by atoms with E-state index in [2.05, 4.69) is 17.6 Å². The summed E-state index contributed by atoms with van der Waals surface area (Å²) in [4.78, 5) is 23.6. The molecule has 1 aromatic carbocycles. The van der Waals surface area contributed by atoms with Crippen LogP contribution in [-0.4, -0.2) is 24.4 Å². The molecule has 0 spiro atoms. The van der Waals surface area contributed by atoms with Crippen LogP contribution in [0.4, 0.5) is 5.69 Å². The van der Waals surface area contributed by atoms with Gasteiger partial charge in [0.05, 0.1) is 0 Å². The average Bonchev–Trinajstić information content (AvgIpc) is 3.16. The normalized spacial score (nSPS) is 21.9. The Labute approximate surface area is 118 Å².